The van der Waals surface area contributed by atoms with Gasteiger partial charge in [0, 0.05) is 32.2 Å². The number of piperidine rings is 1. The molecule has 126 valence electrons. The zero-order valence-electron chi connectivity index (χ0n) is 14.2. The Morgan fingerprint density at radius 3 is 2.61 bits per heavy atom. The largest absolute Gasteiger partial charge is 0.490 e. The van der Waals surface area contributed by atoms with E-state index >= 15 is 0 Å². The maximum atomic E-state index is 6.25. The minimum Gasteiger partial charge on any atom is -0.490 e. The maximum Gasteiger partial charge on any atom is 0.120 e. The molecule has 0 amide bonds. The van der Waals surface area contributed by atoms with Crippen molar-refractivity contribution < 1.29 is 9.47 Å². The molecule has 0 saturated carbocycles. The number of aryl methyl sites for hydroxylation is 1. The first-order valence-corrected chi connectivity index (χ1v) is 9.09. The molecule has 2 saturated heterocycles. The normalized spacial score (nSPS) is 27.1. The predicted octanol–water partition coefficient (Wildman–Crippen LogP) is 2.48. The van der Waals surface area contributed by atoms with Crippen molar-refractivity contribution >= 4 is 0 Å². The van der Waals surface area contributed by atoms with Crippen molar-refractivity contribution in [1.82, 2.24) is 9.80 Å². The Bertz CT molecular complexity index is 534. The van der Waals surface area contributed by atoms with Crippen LogP contribution >= 0.6 is 0 Å². The third-order valence-electron chi connectivity index (χ3n) is 5.62. The van der Waals surface area contributed by atoms with Gasteiger partial charge >= 0.3 is 0 Å². The summed E-state index contributed by atoms with van der Waals surface area (Å²) in [5.41, 5.74) is 3.01. The van der Waals surface area contributed by atoms with Gasteiger partial charge in [0.1, 0.15) is 11.9 Å². The number of hydrogen-bond donors (Lipinski definition) is 0. The average Bonchev–Trinajstić information content (AvgIpc) is 3.01. The van der Waals surface area contributed by atoms with Gasteiger partial charge in [-0.1, -0.05) is 6.07 Å². The number of rotatable bonds is 3. The predicted molar refractivity (Wildman–Crippen MR) is 91.0 cm³/mol. The van der Waals surface area contributed by atoms with E-state index in [1.54, 1.807) is 0 Å². The molecule has 4 nitrogen and oxygen atoms in total. The van der Waals surface area contributed by atoms with Gasteiger partial charge in [-0.15, -0.1) is 0 Å². The monoisotopic (exact) mass is 316 g/mol. The zero-order chi connectivity index (χ0) is 15.6. The van der Waals surface area contributed by atoms with Crippen LogP contribution in [-0.2, 0) is 11.2 Å². The summed E-state index contributed by atoms with van der Waals surface area (Å²) in [6.45, 7) is 6.19. The molecular weight excluding hydrogens is 288 g/mol. The van der Waals surface area contributed by atoms with Crippen molar-refractivity contribution in [2.75, 3.05) is 46.4 Å². The van der Waals surface area contributed by atoms with Gasteiger partial charge in [-0.05, 0) is 56.0 Å². The minimum atomic E-state index is 0.390. The van der Waals surface area contributed by atoms with Crippen LogP contribution in [0.5, 0.6) is 5.75 Å². The van der Waals surface area contributed by atoms with Crippen LogP contribution in [0, 0.1) is 0 Å². The summed E-state index contributed by atoms with van der Waals surface area (Å²) in [5.74, 6) is 1.07. The number of hydrogen-bond acceptors (Lipinski definition) is 4. The summed E-state index contributed by atoms with van der Waals surface area (Å²) in [6.07, 6.45) is 5.10. The molecule has 2 heterocycles. The van der Waals surface area contributed by atoms with Gasteiger partial charge in [-0.25, -0.2) is 0 Å². The van der Waals surface area contributed by atoms with Crippen LogP contribution in [0.3, 0.4) is 0 Å². The molecule has 4 rings (SSSR count). The molecule has 2 aliphatic heterocycles. The van der Waals surface area contributed by atoms with Gasteiger partial charge in [-0.2, -0.15) is 0 Å². The lowest BCUT2D eigenvalue weighted by molar-refractivity contribution is 0.0164. The zero-order valence-corrected chi connectivity index (χ0v) is 14.2. The third-order valence-corrected chi connectivity index (χ3v) is 5.62. The van der Waals surface area contributed by atoms with E-state index < -0.39 is 0 Å². The van der Waals surface area contributed by atoms with Crippen LogP contribution in [0.4, 0.5) is 0 Å². The Labute approximate surface area is 139 Å². The highest BCUT2D eigenvalue weighted by molar-refractivity contribution is 5.41. The van der Waals surface area contributed by atoms with E-state index in [2.05, 4.69) is 35.0 Å². The lowest BCUT2D eigenvalue weighted by Crippen LogP contribution is -2.38. The van der Waals surface area contributed by atoms with E-state index in [0.29, 0.717) is 12.1 Å². The summed E-state index contributed by atoms with van der Waals surface area (Å²) in [6, 6.07) is 7.39. The summed E-state index contributed by atoms with van der Waals surface area (Å²) < 4.78 is 11.7. The van der Waals surface area contributed by atoms with E-state index in [1.807, 2.05) is 0 Å². The molecule has 0 radical (unpaired) electrons. The first kappa shape index (κ1) is 15.4. The molecule has 2 fully saturated rings. The van der Waals surface area contributed by atoms with Crippen LogP contribution < -0.4 is 4.74 Å². The van der Waals surface area contributed by atoms with Crippen LogP contribution in [-0.4, -0.2) is 62.3 Å². The Morgan fingerprint density at radius 1 is 1.04 bits per heavy atom. The molecule has 0 N–H and O–H groups in total. The van der Waals surface area contributed by atoms with E-state index in [0.717, 1.165) is 58.0 Å². The Balaban J connectivity index is 1.42. The maximum absolute atomic E-state index is 6.25. The van der Waals surface area contributed by atoms with E-state index in [1.165, 1.54) is 24.0 Å². The smallest absolute Gasteiger partial charge is 0.120 e. The number of ether oxygens (including phenoxy) is 2. The molecule has 3 aliphatic rings. The highest BCUT2D eigenvalue weighted by Crippen LogP contribution is 2.38. The van der Waals surface area contributed by atoms with Crippen LogP contribution in [0.15, 0.2) is 18.2 Å². The fraction of sp³-hybridized carbons (Fsp3) is 0.684. The van der Waals surface area contributed by atoms with E-state index in [9.17, 15) is 0 Å². The van der Waals surface area contributed by atoms with Crippen molar-refractivity contribution in [2.24, 2.45) is 0 Å². The molecule has 1 aliphatic carbocycles. The molecule has 0 spiro atoms. The average molecular weight is 316 g/mol. The van der Waals surface area contributed by atoms with Crippen molar-refractivity contribution in [3.63, 3.8) is 0 Å². The fourth-order valence-corrected chi connectivity index (χ4v) is 4.21. The Morgan fingerprint density at radius 2 is 1.83 bits per heavy atom. The van der Waals surface area contributed by atoms with Crippen LogP contribution in [0.25, 0.3) is 0 Å². The number of nitrogens with zero attached hydrogens (tertiary/aromatic N) is 2. The van der Waals surface area contributed by atoms with Gasteiger partial charge in [0.2, 0.25) is 0 Å². The lowest BCUT2D eigenvalue weighted by atomic mass is 10.1. The lowest BCUT2D eigenvalue weighted by Gasteiger charge is -2.32. The van der Waals surface area contributed by atoms with E-state index in [-0.39, 0.29) is 0 Å². The summed E-state index contributed by atoms with van der Waals surface area (Å²) in [7, 11) is 2.19. The second kappa shape index (κ2) is 6.80. The first-order valence-electron chi connectivity index (χ1n) is 9.09. The molecule has 0 bridgehead atoms. The van der Waals surface area contributed by atoms with Gasteiger partial charge in [0.05, 0.1) is 13.2 Å². The fourth-order valence-electron chi connectivity index (χ4n) is 4.21. The molecule has 1 atom stereocenters. The molecule has 1 unspecified atom stereocenters. The Kier molecular flexibility index (Phi) is 4.56. The van der Waals surface area contributed by atoms with Crippen LogP contribution in [0.2, 0.25) is 0 Å². The highest BCUT2D eigenvalue weighted by atomic mass is 16.5. The minimum absolute atomic E-state index is 0.390. The van der Waals surface area contributed by atoms with E-state index in [4.69, 9.17) is 9.47 Å². The molecule has 4 heteroatoms. The molecule has 1 aromatic rings. The topological polar surface area (TPSA) is 24.9 Å². The SMILES string of the molecule is CN1CCC(Oc2ccc3c(c2)CCC3N2CCOCC2)CC1. The van der Waals surface area contributed by atoms with Crippen molar-refractivity contribution in [2.45, 2.75) is 37.8 Å². The van der Waals surface area contributed by atoms with Gasteiger partial charge in [-0.3, -0.25) is 4.90 Å². The van der Waals surface area contributed by atoms with Crippen molar-refractivity contribution in [1.29, 1.82) is 0 Å². The highest BCUT2D eigenvalue weighted by Gasteiger charge is 2.29. The van der Waals surface area contributed by atoms with Gasteiger partial charge in [0.25, 0.3) is 0 Å². The molecular formula is C19H28N2O2. The third kappa shape index (κ3) is 3.39. The van der Waals surface area contributed by atoms with Gasteiger partial charge < -0.3 is 14.4 Å². The quantitative estimate of drug-likeness (QED) is 0.855. The standard InChI is InChI=1S/C19H28N2O2/c1-20-8-6-16(7-9-20)23-17-3-4-18-15(14-17)2-5-19(18)21-10-12-22-13-11-21/h3-4,14,16,19H,2,5-13H2,1H3. The van der Waals surface area contributed by atoms with Crippen molar-refractivity contribution in [3.8, 4) is 5.75 Å². The van der Waals surface area contributed by atoms with Crippen LogP contribution in [0.1, 0.15) is 36.4 Å². The number of morpholine rings is 1. The van der Waals surface area contributed by atoms with Crippen molar-refractivity contribution in [3.05, 3.63) is 29.3 Å². The molecule has 1 aromatic carbocycles. The number of likely N-dealkylation sites (tertiary alicyclic amines) is 1. The molecule has 23 heavy (non-hydrogen) atoms. The number of fused-ring (bicyclic) bond motifs is 1. The van der Waals surface area contributed by atoms with Gasteiger partial charge in [0.15, 0.2) is 0 Å². The molecule has 0 aromatic heterocycles. The second-order valence-electron chi connectivity index (χ2n) is 7.18. The number of benzene rings is 1. The summed E-state index contributed by atoms with van der Waals surface area (Å²) >= 11 is 0. The second-order valence-corrected chi connectivity index (χ2v) is 7.18. The first-order chi connectivity index (χ1) is 11.3. The summed E-state index contributed by atoms with van der Waals surface area (Å²) in [5, 5.41) is 0. The summed E-state index contributed by atoms with van der Waals surface area (Å²) in [4.78, 5) is 4.97. The Hall–Kier alpha value is -1.10.